The topological polar surface area (TPSA) is 68.0 Å². The smallest absolute Gasteiger partial charge is 0.322 e. The molecular weight excluding hydrogens is 400 g/mol. The van der Waals surface area contributed by atoms with Crippen LogP contribution in [-0.4, -0.2) is 36.8 Å². The summed E-state index contributed by atoms with van der Waals surface area (Å²) in [6.07, 6.45) is 3.66. The third kappa shape index (κ3) is 3.69. The number of hydrogen-bond acceptors (Lipinski definition) is 3. The molecule has 0 saturated heterocycles. The monoisotopic (exact) mass is 426 g/mol. The van der Waals surface area contributed by atoms with Gasteiger partial charge in [-0.05, 0) is 38.0 Å². The van der Waals surface area contributed by atoms with E-state index >= 15 is 0 Å². The van der Waals surface area contributed by atoms with Gasteiger partial charge in [0.15, 0.2) is 5.82 Å². The number of carbonyl (C=O) groups excluding carboxylic acids is 1. The van der Waals surface area contributed by atoms with Crippen LogP contribution in [0.15, 0.2) is 24.4 Å². The average Bonchev–Trinajstić information content (AvgIpc) is 3.24. The van der Waals surface area contributed by atoms with Crippen LogP contribution in [0.3, 0.4) is 0 Å². The fourth-order valence-corrected chi connectivity index (χ4v) is 4.30. The number of benzene rings is 1. The number of carbonyl (C=O) groups is 1. The van der Waals surface area contributed by atoms with Crippen LogP contribution in [0.1, 0.15) is 35.9 Å². The highest BCUT2D eigenvalue weighted by Crippen LogP contribution is 2.30. The van der Waals surface area contributed by atoms with Crippen molar-refractivity contribution in [2.45, 2.75) is 46.7 Å². The van der Waals surface area contributed by atoms with E-state index in [9.17, 15) is 4.79 Å². The second-order valence-electron chi connectivity index (χ2n) is 7.86. The number of nitrogens with one attached hydrogen (secondary N) is 1. The molecule has 7 nitrogen and oxygen atoms in total. The van der Waals surface area contributed by atoms with Gasteiger partial charge in [-0.2, -0.15) is 5.10 Å². The minimum absolute atomic E-state index is 0.158. The number of fused-ring (bicyclic) bond motifs is 1. The van der Waals surface area contributed by atoms with Crippen molar-refractivity contribution in [3.05, 3.63) is 51.9 Å². The molecule has 4 rings (SSSR count). The van der Waals surface area contributed by atoms with Gasteiger partial charge in [0.1, 0.15) is 5.69 Å². The Morgan fingerprint density at radius 1 is 1.30 bits per heavy atom. The van der Waals surface area contributed by atoms with Gasteiger partial charge in [0.05, 0.1) is 17.3 Å². The van der Waals surface area contributed by atoms with Crippen LogP contribution in [0.5, 0.6) is 0 Å². The number of nitrogens with zero attached hydrogens (tertiary/aromatic N) is 5. The van der Waals surface area contributed by atoms with Crippen molar-refractivity contribution in [3.63, 3.8) is 0 Å². The number of hydrogen-bond donors (Lipinski definition) is 1. The molecular formula is C22H27ClN6O. The van der Waals surface area contributed by atoms with E-state index in [1.807, 2.05) is 47.9 Å². The van der Waals surface area contributed by atoms with Crippen molar-refractivity contribution < 1.29 is 4.79 Å². The van der Waals surface area contributed by atoms with E-state index in [-0.39, 0.29) is 6.03 Å². The molecule has 0 bridgehead atoms. The first-order chi connectivity index (χ1) is 14.4. The molecule has 2 aromatic heterocycles. The summed E-state index contributed by atoms with van der Waals surface area (Å²) in [4.78, 5) is 19.4. The van der Waals surface area contributed by atoms with Gasteiger partial charge in [-0.25, -0.2) is 9.78 Å². The summed E-state index contributed by atoms with van der Waals surface area (Å²) in [5.74, 6) is 0.870. The first kappa shape index (κ1) is 20.5. The van der Waals surface area contributed by atoms with Gasteiger partial charge in [0.25, 0.3) is 0 Å². The van der Waals surface area contributed by atoms with Gasteiger partial charge in [0, 0.05) is 49.7 Å². The molecule has 1 aromatic carbocycles. The molecule has 0 spiro atoms. The lowest BCUT2D eigenvalue weighted by molar-refractivity contribution is 0.206. The Bertz CT molecular complexity index is 1100. The Balaban J connectivity index is 1.61. The lowest BCUT2D eigenvalue weighted by Crippen LogP contribution is -2.39. The predicted octanol–water partition coefficient (Wildman–Crippen LogP) is 4.55. The molecule has 0 fully saturated rings. The fraction of sp³-hybridized carbons (Fsp3) is 0.409. The van der Waals surface area contributed by atoms with E-state index in [0.29, 0.717) is 23.8 Å². The number of amides is 2. The largest absolute Gasteiger partial charge is 0.327 e. The Morgan fingerprint density at radius 2 is 2.10 bits per heavy atom. The molecule has 3 heterocycles. The molecule has 3 aromatic rings. The van der Waals surface area contributed by atoms with Gasteiger partial charge < -0.3 is 14.8 Å². The lowest BCUT2D eigenvalue weighted by atomic mass is 10.0. The SMILES string of the molecule is CCCn1c(C)cnc1-c1nn(C)c2c1CN(C(=O)Nc1ccc(C)cc1Cl)CC2. The van der Waals surface area contributed by atoms with Crippen molar-refractivity contribution in [1.29, 1.82) is 0 Å². The molecule has 8 heteroatoms. The van der Waals surface area contributed by atoms with Crippen molar-refractivity contribution >= 4 is 23.3 Å². The maximum atomic E-state index is 13.0. The third-order valence-corrected chi connectivity index (χ3v) is 5.92. The highest BCUT2D eigenvalue weighted by Gasteiger charge is 2.29. The fourth-order valence-electron chi connectivity index (χ4n) is 4.02. The van der Waals surface area contributed by atoms with Crippen LogP contribution in [-0.2, 0) is 26.6 Å². The van der Waals surface area contributed by atoms with E-state index in [0.717, 1.165) is 53.4 Å². The Labute approximate surface area is 181 Å². The Hall–Kier alpha value is -2.80. The van der Waals surface area contributed by atoms with Crippen molar-refractivity contribution in [2.24, 2.45) is 7.05 Å². The zero-order valence-electron chi connectivity index (χ0n) is 17.9. The van der Waals surface area contributed by atoms with Crippen molar-refractivity contribution in [1.82, 2.24) is 24.2 Å². The minimum atomic E-state index is -0.158. The summed E-state index contributed by atoms with van der Waals surface area (Å²) in [6, 6.07) is 5.46. The zero-order chi connectivity index (χ0) is 21.4. The molecule has 0 radical (unpaired) electrons. The standard InChI is InChI=1S/C22H27ClN6O/c1-5-9-29-15(3)12-24-21(29)20-16-13-28(10-8-19(16)27(4)26-20)22(30)25-18-7-6-14(2)11-17(18)23/h6-7,11-12H,5,8-10,13H2,1-4H3,(H,25,30). The molecule has 30 heavy (non-hydrogen) atoms. The molecule has 1 aliphatic heterocycles. The molecule has 1 N–H and O–H groups in total. The molecule has 158 valence electrons. The molecule has 0 atom stereocenters. The molecule has 1 aliphatic rings. The minimum Gasteiger partial charge on any atom is -0.327 e. The van der Waals surface area contributed by atoms with Crippen molar-refractivity contribution in [3.8, 4) is 11.5 Å². The van der Waals surface area contributed by atoms with E-state index in [2.05, 4.69) is 28.7 Å². The average molecular weight is 427 g/mol. The normalized spacial score (nSPS) is 13.4. The molecule has 2 amide bonds. The zero-order valence-corrected chi connectivity index (χ0v) is 18.6. The summed E-state index contributed by atoms with van der Waals surface area (Å²) in [6.45, 7) is 8.20. The maximum absolute atomic E-state index is 13.0. The third-order valence-electron chi connectivity index (χ3n) is 5.61. The highest BCUT2D eigenvalue weighted by molar-refractivity contribution is 6.33. The Kier molecular flexibility index (Phi) is 5.56. The predicted molar refractivity (Wildman–Crippen MR) is 119 cm³/mol. The van der Waals surface area contributed by atoms with Gasteiger partial charge in [-0.15, -0.1) is 0 Å². The highest BCUT2D eigenvalue weighted by atomic mass is 35.5. The van der Waals surface area contributed by atoms with E-state index in [1.165, 1.54) is 0 Å². The first-order valence-corrected chi connectivity index (χ1v) is 10.7. The number of anilines is 1. The van der Waals surface area contributed by atoms with Crippen LogP contribution >= 0.6 is 11.6 Å². The first-order valence-electron chi connectivity index (χ1n) is 10.3. The summed E-state index contributed by atoms with van der Waals surface area (Å²) in [7, 11) is 1.96. The van der Waals surface area contributed by atoms with E-state index in [1.54, 1.807) is 0 Å². The van der Waals surface area contributed by atoms with Crippen LogP contribution in [0, 0.1) is 13.8 Å². The second-order valence-corrected chi connectivity index (χ2v) is 8.26. The molecule has 0 saturated carbocycles. The van der Waals surface area contributed by atoms with E-state index in [4.69, 9.17) is 16.7 Å². The summed E-state index contributed by atoms with van der Waals surface area (Å²) >= 11 is 6.29. The Morgan fingerprint density at radius 3 is 2.83 bits per heavy atom. The number of halogens is 1. The summed E-state index contributed by atoms with van der Waals surface area (Å²) in [5, 5.41) is 8.26. The van der Waals surface area contributed by atoms with E-state index < -0.39 is 0 Å². The number of urea groups is 1. The van der Waals surface area contributed by atoms with Crippen LogP contribution in [0.4, 0.5) is 10.5 Å². The quantitative estimate of drug-likeness (QED) is 0.665. The van der Waals surface area contributed by atoms with Gasteiger partial charge in [0.2, 0.25) is 0 Å². The number of rotatable bonds is 4. The van der Waals surface area contributed by atoms with Gasteiger partial charge >= 0.3 is 6.03 Å². The van der Waals surface area contributed by atoms with Crippen LogP contribution < -0.4 is 5.32 Å². The second kappa shape index (κ2) is 8.14. The number of aryl methyl sites for hydroxylation is 3. The molecule has 0 unspecified atom stereocenters. The van der Waals surface area contributed by atoms with Crippen LogP contribution in [0.2, 0.25) is 5.02 Å². The number of aromatic nitrogens is 4. The number of imidazole rings is 1. The summed E-state index contributed by atoms with van der Waals surface area (Å²) < 4.78 is 4.13. The summed E-state index contributed by atoms with van der Waals surface area (Å²) in [5.41, 5.74) is 5.88. The van der Waals surface area contributed by atoms with Crippen LogP contribution in [0.25, 0.3) is 11.5 Å². The van der Waals surface area contributed by atoms with Gasteiger partial charge in [-0.3, -0.25) is 4.68 Å². The molecule has 0 aliphatic carbocycles. The lowest BCUT2D eigenvalue weighted by Gasteiger charge is -2.28. The van der Waals surface area contributed by atoms with Crippen molar-refractivity contribution in [2.75, 3.05) is 11.9 Å². The van der Waals surface area contributed by atoms with Gasteiger partial charge in [-0.1, -0.05) is 24.6 Å². The maximum Gasteiger partial charge on any atom is 0.322 e.